The number of carbonyl (C=O) groups is 1. The quantitative estimate of drug-likeness (QED) is 0.794. The van der Waals surface area contributed by atoms with Crippen LogP contribution in [0, 0.1) is 5.82 Å². The van der Waals surface area contributed by atoms with Crippen molar-refractivity contribution in [3.05, 3.63) is 63.5 Å². The molecule has 0 spiro atoms. The van der Waals surface area contributed by atoms with Crippen LogP contribution in [-0.4, -0.2) is 20.7 Å². The predicted molar refractivity (Wildman–Crippen MR) is 82.8 cm³/mol. The number of nitrogens with one attached hydrogen (secondary N) is 1. The number of anilines is 1. The lowest BCUT2D eigenvalue weighted by Crippen LogP contribution is -2.16. The van der Waals surface area contributed by atoms with Gasteiger partial charge in [-0.2, -0.15) is 5.10 Å². The van der Waals surface area contributed by atoms with Crippen LogP contribution in [0.4, 0.5) is 10.2 Å². The number of aromatic nitrogens is 3. The van der Waals surface area contributed by atoms with E-state index in [0.29, 0.717) is 16.3 Å². The van der Waals surface area contributed by atoms with Gasteiger partial charge in [-0.25, -0.2) is 14.1 Å². The molecule has 5 nitrogen and oxygen atoms in total. The maximum atomic E-state index is 13.7. The molecule has 3 aromatic rings. The van der Waals surface area contributed by atoms with Crippen LogP contribution in [0.5, 0.6) is 0 Å². The minimum absolute atomic E-state index is 0.155. The van der Waals surface area contributed by atoms with E-state index < -0.39 is 0 Å². The average molecular weight is 337 g/mol. The van der Waals surface area contributed by atoms with Crippen molar-refractivity contribution in [3.8, 4) is 0 Å². The Bertz CT molecular complexity index is 817. The summed E-state index contributed by atoms with van der Waals surface area (Å²) in [6, 6.07) is 8.05. The molecule has 1 aromatic carbocycles. The van der Waals surface area contributed by atoms with E-state index in [4.69, 9.17) is 11.6 Å². The van der Waals surface area contributed by atoms with E-state index in [9.17, 15) is 9.18 Å². The molecular weight excluding hydrogens is 327 g/mol. The molecular formula is C14H10ClFN4OS. The standard InChI is InChI=1S/C14H10ClFN4OS/c15-13-12(22-8-17-13)14(21)19-11-5-6-18-20(11)7-9-3-1-2-4-10(9)16/h1-6,8H,7H2,(H,19,21). The van der Waals surface area contributed by atoms with Crippen LogP contribution in [0.2, 0.25) is 5.15 Å². The first kappa shape index (κ1) is 14.7. The molecule has 0 fully saturated rings. The number of hydrogen-bond acceptors (Lipinski definition) is 4. The van der Waals surface area contributed by atoms with Crippen molar-refractivity contribution in [3.63, 3.8) is 0 Å². The van der Waals surface area contributed by atoms with Gasteiger partial charge < -0.3 is 5.32 Å². The average Bonchev–Trinajstić information content (AvgIpc) is 3.11. The molecule has 1 N–H and O–H groups in total. The van der Waals surface area contributed by atoms with Crippen molar-refractivity contribution in [2.24, 2.45) is 0 Å². The molecule has 2 heterocycles. The highest BCUT2D eigenvalue weighted by atomic mass is 35.5. The normalized spacial score (nSPS) is 10.6. The molecule has 2 aromatic heterocycles. The molecule has 22 heavy (non-hydrogen) atoms. The SMILES string of the molecule is O=C(Nc1ccnn1Cc1ccccc1F)c1scnc1Cl. The summed E-state index contributed by atoms with van der Waals surface area (Å²) >= 11 is 6.98. The van der Waals surface area contributed by atoms with Crippen molar-refractivity contribution >= 4 is 34.7 Å². The fourth-order valence-corrected chi connectivity index (χ4v) is 2.80. The lowest BCUT2D eigenvalue weighted by molar-refractivity contribution is 0.102. The fraction of sp³-hybridized carbons (Fsp3) is 0.0714. The maximum absolute atomic E-state index is 13.7. The van der Waals surface area contributed by atoms with Gasteiger partial charge in [0.2, 0.25) is 0 Å². The first-order valence-electron chi connectivity index (χ1n) is 6.30. The second kappa shape index (κ2) is 6.25. The second-order valence-corrected chi connectivity index (χ2v) is 5.60. The second-order valence-electron chi connectivity index (χ2n) is 4.39. The third-order valence-corrected chi connectivity index (χ3v) is 4.19. The number of carbonyl (C=O) groups excluding carboxylic acids is 1. The van der Waals surface area contributed by atoms with Crippen LogP contribution in [0.25, 0.3) is 0 Å². The lowest BCUT2D eigenvalue weighted by atomic mass is 10.2. The Morgan fingerprint density at radius 1 is 1.36 bits per heavy atom. The number of nitrogens with zero attached hydrogens (tertiary/aromatic N) is 3. The zero-order valence-corrected chi connectivity index (χ0v) is 12.7. The van der Waals surface area contributed by atoms with Gasteiger partial charge in [-0.1, -0.05) is 29.8 Å². The van der Waals surface area contributed by atoms with Crippen molar-refractivity contribution in [1.29, 1.82) is 0 Å². The van der Waals surface area contributed by atoms with Crippen molar-refractivity contribution in [1.82, 2.24) is 14.8 Å². The number of halogens is 2. The summed E-state index contributed by atoms with van der Waals surface area (Å²) in [7, 11) is 0. The minimum Gasteiger partial charge on any atom is -0.306 e. The maximum Gasteiger partial charge on any atom is 0.270 e. The molecule has 0 atom stereocenters. The Balaban J connectivity index is 1.80. The number of amides is 1. The Hall–Kier alpha value is -2.25. The van der Waals surface area contributed by atoms with Gasteiger partial charge in [-0.05, 0) is 6.07 Å². The molecule has 0 aliphatic rings. The van der Waals surface area contributed by atoms with Gasteiger partial charge >= 0.3 is 0 Å². The minimum atomic E-state index is -0.372. The first-order chi connectivity index (χ1) is 10.6. The smallest absolute Gasteiger partial charge is 0.270 e. The van der Waals surface area contributed by atoms with E-state index in [1.54, 1.807) is 24.3 Å². The van der Waals surface area contributed by atoms with E-state index in [0.717, 1.165) is 11.3 Å². The Morgan fingerprint density at radius 2 is 2.18 bits per heavy atom. The van der Waals surface area contributed by atoms with E-state index in [-0.39, 0.29) is 23.4 Å². The third kappa shape index (κ3) is 3.00. The molecule has 0 unspecified atom stereocenters. The Labute approximate surface area is 134 Å². The number of benzene rings is 1. The summed E-state index contributed by atoms with van der Waals surface area (Å²) in [4.78, 5) is 16.3. The summed E-state index contributed by atoms with van der Waals surface area (Å²) in [5.74, 6) is -0.235. The first-order valence-corrected chi connectivity index (χ1v) is 7.56. The monoisotopic (exact) mass is 336 g/mol. The largest absolute Gasteiger partial charge is 0.306 e. The van der Waals surface area contributed by atoms with Gasteiger partial charge in [0.15, 0.2) is 5.15 Å². The summed E-state index contributed by atoms with van der Waals surface area (Å²) in [6.07, 6.45) is 1.53. The van der Waals surface area contributed by atoms with Gasteiger partial charge in [0.1, 0.15) is 16.5 Å². The molecule has 8 heteroatoms. The molecule has 112 valence electrons. The molecule has 0 radical (unpaired) electrons. The van der Waals surface area contributed by atoms with Crippen molar-refractivity contribution < 1.29 is 9.18 Å². The molecule has 0 saturated carbocycles. The van der Waals surface area contributed by atoms with Crippen molar-refractivity contribution in [2.75, 3.05) is 5.32 Å². The van der Waals surface area contributed by atoms with Crippen LogP contribution in [0.3, 0.4) is 0 Å². The summed E-state index contributed by atoms with van der Waals surface area (Å²) in [6.45, 7) is 0.214. The van der Waals surface area contributed by atoms with Gasteiger partial charge in [0.05, 0.1) is 18.3 Å². The summed E-state index contributed by atoms with van der Waals surface area (Å²) in [5.41, 5.74) is 1.98. The van der Waals surface area contributed by atoms with E-state index >= 15 is 0 Å². The Kier molecular flexibility index (Phi) is 4.17. The van der Waals surface area contributed by atoms with E-state index in [1.165, 1.54) is 22.5 Å². The van der Waals surface area contributed by atoms with Crippen LogP contribution >= 0.6 is 22.9 Å². The van der Waals surface area contributed by atoms with Gasteiger partial charge in [-0.15, -0.1) is 11.3 Å². The molecule has 0 aliphatic heterocycles. The Morgan fingerprint density at radius 3 is 2.91 bits per heavy atom. The van der Waals surface area contributed by atoms with Gasteiger partial charge in [-0.3, -0.25) is 4.79 Å². The van der Waals surface area contributed by atoms with Crippen LogP contribution < -0.4 is 5.32 Å². The zero-order valence-electron chi connectivity index (χ0n) is 11.2. The van der Waals surface area contributed by atoms with E-state index in [2.05, 4.69) is 15.4 Å². The highest BCUT2D eigenvalue weighted by Gasteiger charge is 2.15. The van der Waals surface area contributed by atoms with Crippen molar-refractivity contribution in [2.45, 2.75) is 6.54 Å². The molecule has 0 bridgehead atoms. The zero-order chi connectivity index (χ0) is 15.5. The van der Waals surface area contributed by atoms with E-state index in [1.807, 2.05) is 0 Å². The number of rotatable bonds is 4. The summed E-state index contributed by atoms with van der Waals surface area (Å²) < 4.78 is 15.2. The number of thiazole rings is 1. The molecule has 1 amide bonds. The van der Waals surface area contributed by atoms with Gasteiger partial charge in [0.25, 0.3) is 5.91 Å². The molecule has 0 aliphatic carbocycles. The topological polar surface area (TPSA) is 59.8 Å². The third-order valence-electron chi connectivity index (χ3n) is 2.97. The van der Waals surface area contributed by atoms with Crippen LogP contribution in [-0.2, 0) is 6.54 Å². The number of hydrogen-bond donors (Lipinski definition) is 1. The lowest BCUT2D eigenvalue weighted by Gasteiger charge is -2.09. The predicted octanol–water partition coefficient (Wildman–Crippen LogP) is 3.43. The molecule has 0 saturated heterocycles. The molecule has 3 rings (SSSR count). The highest BCUT2D eigenvalue weighted by Crippen LogP contribution is 2.20. The van der Waals surface area contributed by atoms with Crippen LogP contribution in [0.15, 0.2) is 42.0 Å². The van der Waals surface area contributed by atoms with Gasteiger partial charge in [0, 0.05) is 11.6 Å². The van der Waals surface area contributed by atoms with Crippen LogP contribution in [0.1, 0.15) is 15.2 Å². The summed E-state index contributed by atoms with van der Waals surface area (Å²) in [5, 5.41) is 6.95. The fourth-order valence-electron chi connectivity index (χ4n) is 1.91. The highest BCUT2D eigenvalue weighted by molar-refractivity contribution is 7.12.